The minimum atomic E-state index is -1.03. The lowest BCUT2D eigenvalue weighted by molar-refractivity contribution is -0.136. The maximum atomic E-state index is 14.8. The van der Waals surface area contributed by atoms with Crippen molar-refractivity contribution in [1.29, 1.82) is 0 Å². The maximum Gasteiger partial charge on any atom is 0.307 e. The summed E-state index contributed by atoms with van der Waals surface area (Å²) in [5, 5.41) is 26.5. The average molecular weight is 682 g/mol. The van der Waals surface area contributed by atoms with Crippen molar-refractivity contribution in [2.45, 2.75) is 73.0 Å². The van der Waals surface area contributed by atoms with E-state index in [0.29, 0.717) is 65.4 Å². The molecule has 0 amide bonds. The van der Waals surface area contributed by atoms with E-state index in [1.165, 1.54) is 40.0 Å². The number of aryl methyl sites for hydroxylation is 1. The molecule has 0 saturated heterocycles. The number of aromatic nitrogens is 3. The lowest BCUT2D eigenvalue weighted by Gasteiger charge is -2.23. The molecule has 0 fully saturated rings. The number of fused-ring (bicyclic) bond motifs is 2. The molecule has 0 saturated carbocycles. The van der Waals surface area contributed by atoms with Crippen molar-refractivity contribution in [3.05, 3.63) is 87.5 Å². The van der Waals surface area contributed by atoms with E-state index in [2.05, 4.69) is 15.4 Å². The molecule has 49 heavy (non-hydrogen) atoms. The number of carbonyl (C=O) groups excluding carboxylic acids is 1. The van der Waals surface area contributed by atoms with Crippen LogP contribution in [0.4, 0.5) is 14.5 Å². The molecule has 264 valence electrons. The van der Waals surface area contributed by atoms with Crippen LogP contribution in [-0.4, -0.2) is 56.3 Å². The second kappa shape index (κ2) is 16.5. The normalized spacial score (nSPS) is 12.6. The van der Waals surface area contributed by atoms with Crippen molar-refractivity contribution in [1.82, 2.24) is 19.9 Å². The van der Waals surface area contributed by atoms with Gasteiger partial charge in [0.15, 0.2) is 23.5 Å². The van der Waals surface area contributed by atoms with Gasteiger partial charge in [-0.2, -0.15) is 5.10 Å². The molecule has 2 aromatic carbocycles. The van der Waals surface area contributed by atoms with Gasteiger partial charge in [-0.3, -0.25) is 14.6 Å². The van der Waals surface area contributed by atoms with E-state index in [1.54, 1.807) is 40.7 Å². The lowest BCUT2D eigenvalue weighted by Crippen LogP contribution is -2.31. The number of halogens is 2. The molecular weight excluding hydrogens is 636 g/mol. The fourth-order valence-electron chi connectivity index (χ4n) is 5.14. The fourth-order valence-corrected chi connectivity index (χ4v) is 5.14. The van der Waals surface area contributed by atoms with Crippen molar-refractivity contribution in [2.24, 2.45) is 11.6 Å². The van der Waals surface area contributed by atoms with E-state index in [4.69, 9.17) is 21.4 Å². The summed E-state index contributed by atoms with van der Waals surface area (Å²) in [5.74, 6) is 4.24. The van der Waals surface area contributed by atoms with Crippen LogP contribution in [0.1, 0.15) is 72.6 Å². The van der Waals surface area contributed by atoms with Crippen molar-refractivity contribution in [2.75, 3.05) is 18.7 Å². The van der Waals surface area contributed by atoms with Crippen LogP contribution in [-0.2, 0) is 24.2 Å². The highest BCUT2D eigenvalue weighted by Crippen LogP contribution is 2.39. The van der Waals surface area contributed by atoms with Crippen molar-refractivity contribution >= 4 is 23.6 Å². The summed E-state index contributed by atoms with van der Waals surface area (Å²) >= 11 is 0. The smallest absolute Gasteiger partial charge is 0.307 e. The summed E-state index contributed by atoms with van der Waals surface area (Å²) in [6.45, 7) is 11.6. The van der Waals surface area contributed by atoms with Gasteiger partial charge < -0.3 is 26.0 Å². The molecule has 1 aliphatic heterocycles. The first-order chi connectivity index (χ1) is 23.0. The summed E-state index contributed by atoms with van der Waals surface area (Å²) in [6.07, 6.45) is 3.13. The third kappa shape index (κ3) is 9.81. The Morgan fingerprint density at radius 2 is 1.88 bits per heavy atom. The topological polar surface area (TPSA) is 181 Å². The largest absolute Gasteiger partial charge is 0.490 e. The number of carboxylic acid groups (broad SMARTS) is 1. The summed E-state index contributed by atoms with van der Waals surface area (Å²) in [7, 11) is 1.82. The van der Waals surface area contributed by atoms with Gasteiger partial charge in [0.1, 0.15) is 11.5 Å². The highest BCUT2D eigenvalue weighted by molar-refractivity contribution is 5.81. The quantitative estimate of drug-likeness (QED) is 0.0985. The minimum absolute atomic E-state index is 0.167. The molecule has 4 aromatic rings. The van der Waals surface area contributed by atoms with Gasteiger partial charge in [-0.05, 0) is 90.8 Å². The monoisotopic (exact) mass is 681 g/mol. The average Bonchev–Trinajstić information content (AvgIpc) is 3.45. The van der Waals surface area contributed by atoms with Gasteiger partial charge in [0.05, 0.1) is 30.0 Å². The molecule has 0 unspecified atom stereocenters. The van der Waals surface area contributed by atoms with Crippen molar-refractivity contribution in [3.63, 3.8) is 0 Å². The van der Waals surface area contributed by atoms with Gasteiger partial charge >= 0.3 is 5.97 Å². The third-order valence-corrected chi connectivity index (χ3v) is 7.36. The van der Waals surface area contributed by atoms with Crippen LogP contribution in [0.2, 0.25) is 0 Å². The molecular formula is C35H45F2N7O5. The van der Waals surface area contributed by atoms with Gasteiger partial charge in [0.2, 0.25) is 0 Å². The second-order valence-corrected chi connectivity index (χ2v) is 12.5. The summed E-state index contributed by atoms with van der Waals surface area (Å²) < 4.78 is 34.9. The summed E-state index contributed by atoms with van der Waals surface area (Å²) in [5.41, 5.74) is 11.1. The van der Waals surface area contributed by atoms with Crippen LogP contribution in [0.15, 0.2) is 42.2 Å². The number of nitrogens with two attached hydrogens (primary N) is 2. The lowest BCUT2D eigenvalue weighted by atomic mass is 9.91. The number of hydrazine groups is 1. The van der Waals surface area contributed by atoms with Crippen LogP contribution in [0.5, 0.6) is 5.75 Å². The maximum absolute atomic E-state index is 14.8. The number of hydrogen-bond acceptors (Lipinski definition) is 10. The van der Waals surface area contributed by atoms with Gasteiger partial charge in [-0.1, -0.05) is 6.07 Å². The molecule has 0 atom stereocenters. The highest BCUT2D eigenvalue weighted by atomic mass is 19.1. The van der Waals surface area contributed by atoms with Crippen LogP contribution < -0.4 is 26.6 Å². The van der Waals surface area contributed by atoms with E-state index in [9.17, 15) is 23.5 Å². The van der Waals surface area contributed by atoms with Gasteiger partial charge in [0, 0.05) is 46.9 Å². The van der Waals surface area contributed by atoms with Crippen molar-refractivity contribution in [3.8, 4) is 17.0 Å². The van der Waals surface area contributed by atoms with Crippen molar-refractivity contribution < 1.29 is 33.3 Å². The van der Waals surface area contributed by atoms with E-state index in [-0.39, 0.29) is 23.7 Å². The number of aliphatic carboxylic acids is 1. The number of nitrogens with one attached hydrogen (secondary N) is 1. The Labute approximate surface area is 284 Å². The zero-order valence-electron chi connectivity index (χ0n) is 28.9. The Bertz CT molecular complexity index is 1840. The molecule has 0 radical (unpaired) electrons. The second-order valence-electron chi connectivity index (χ2n) is 12.5. The Kier molecular flexibility index (Phi) is 12.9. The number of allylic oxidation sites excluding steroid dienone is 1. The molecule has 7 N–H and O–H groups in total. The van der Waals surface area contributed by atoms with E-state index in [0.717, 1.165) is 23.1 Å². The number of nitrogens with zero attached hydrogens (tertiary/aromatic N) is 4. The van der Waals surface area contributed by atoms with Crippen LogP contribution in [0.3, 0.4) is 0 Å². The molecule has 0 spiro atoms. The number of rotatable bonds is 8. The molecule has 1 aliphatic rings. The molecule has 5 rings (SSSR count). The Hall–Kier alpha value is -4.92. The zero-order valence-corrected chi connectivity index (χ0v) is 28.9. The van der Waals surface area contributed by atoms with Crippen LogP contribution in [0, 0.1) is 25.5 Å². The molecule has 3 heterocycles. The Morgan fingerprint density at radius 3 is 2.47 bits per heavy atom. The molecule has 14 heteroatoms. The number of ether oxygens (including phenoxy) is 1. The first-order valence-electron chi connectivity index (χ1n) is 15.6. The molecule has 2 aromatic heterocycles. The predicted molar refractivity (Wildman–Crippen MR) is 184 cm³/mol. The zero-order chi connectivity index (χ0) is 36.6. The minimum Gasteiger partial charge on any atom is -0.490 e. The summed E-state index contributed by atoms with van der Waals surface area (Å²) in [6, 6.07) is 7.36. The first-order valence-corrected chi connectivity index (χ1v) is 15.6. The third-order valence-electron chi connectivity index (χ3n) is 7.36. The highest BCUT2D eigenvalue weighted by Gasteiger charge is 2.26. The number of anilines is 1. The van der Waals surface area contributed by atoms with Crippen LogP contribution >= 0.6 is 0 Å². The number of hydrogen-bond donors (Lipinski definition) is 5. The van der Waals surface area contributed by atoms with E-state index >= 15 is 0 Å². The number of benzene rings is 2. The Morgan fingerprint density at radius 1 is 1.20 bits per heavy atom. The SMILES string of the molecule is CC(C)(C)O.CNCc1ccc(F)cc1N(N)/C(C)=C\N.Cc1nc2cc(C=O)nn2c(-c2cc(F)c3c(c2C)CCCO3)c1CC(=O)O. The van der Waals surface area contributed by atoms with E-state index < -0.39 is 17.4 Å². The molecule has 0 bridgehead atoms. The first kappa shape index (κ1) is 38.5. The van der Waals surface area contributed by atoms with E-state index in [1.807, 2.05) is 14.0 Å². The fraction of sp³-hybridized carbons (Fsp3) is 0.371. The number of carbonyl (C=O) groups is 2. The summed E-state index contributed by atoms with van der Waals surface area (Å²) in [4.78, 5) is 27.1. The standard InChI is InChI=1S/C20H18FN3O4.C11H17FN4.C4H10O/c1-10-13-4-3-5-28-20(13)16(21)7-14(10)19-15(8-18(26)27)11(2)22-17-6-12(9-25)23-24(17)19;1-8(6-13)16(14)11-5-10(12)4-3-9(11)7-15-2;1-4(2,3)5/h6-7,9H,3-5,8H2,1-2H3,(H,26,27);3-6,15H,7,13-14H2,1-2H3;5H,1-3H3/b;8-6-;. The van der Waals surface area contributed by atoms with Gasteiger partial charge in [-0.15, -0.1) is 0 Å². The van der Waals surface area contributed by atoms with Gasteiger partial charge in [0.25, 0.3) is 0 Å². The number of aldehydes is 1. The predicted octanol–water partition coefficient (Wildman–Crippen LogP) is 4.74. The van der Waals surface area contributed by atoms with Gasteiger partial charge in [-0.25, -0.2) is 24.1 Å². The molecule has 12 nitrogen and oxygen atoms in total. The molecule has 0 aliphatic carbocycles. The Balaban J connectivity index is 0.000000262. The number of carboxylic acids is 1. The number of aliphatic hydroxyl groups is 1. The van der Waals surface area contributed by atoms with Crippen LogP contribution in [0.25, 0.3) is 16.9 Å².